The lowest BCUT2D eigenvalue weighted by Gasteiger charge is -2.06. The first-order valence-corrected chi connectivity index (χ1v) is 7.17. The van der Waals surface area contributed by atoms with E-state index in [4.69, 9.17) is 28.5 Å². The number of benzene rings is 2. The number of nitrogens with zero attached hydrogens (tertiary/aromatic N) is 2. The highest BCUT2D eigenvalue weighted by Crippen LogP contribution is 2.25. The van der Waals surface area contributed by atoms with E-state index in [1.807, 2.05) is 12.1 Å². The van der Waals surface area contributed by atoms with Gasteiger partial charge in [-0.3, -0.25) is 4.79 Å². The van der Waals surface area contributed by atoms with Gasteiger partial charge in [-0.1, -0.05) is 35.3 Å². The van der Waals surface area contributed by atoms with E-state index in [0.717, 1.165) is 0 Å². The monoisotopic (exact) mass is 341 g/mol. The van der Waals surface area contributed by atoms with Gasteiger partial charge in [0.05, 0.1) is 22.3 Å². The van der Waals surface area contributed by atoms with Gasteiger partial charge in [0.15, 0.2) is 0 Å². The Hall–Kier alpha value is -2.79. The van der Waals surface area contributed by atoms with Crippen LogP contribution in [-0.4, -0.2) is 5.91 Å². The average molecular weight is 342 g/mol. The van der Waals surface area contributed by atoms with Crippen LogP contribution in [0.1, 0.15) is 11.1 Å². The lowest BCUT2D eigenvalue weighted by Crippen LogP contribution is -2.13. The van der Waals surface area contributed by atoms with Gasteiger partial charge < -0.3 is 5.32 Å². The number of rotatable bonds is 3. The van der Waals surface area contributed by atoms with Crippen molar-refractivity contribution in [3.63, 3.8) is 0 Å². The quantitative estimate of drug-likeness (QED) is 0.663. The van der Waals surface area contributed by atoms with Crippen LogP contribution in [0.3, 0.4) is 0 Å². The second-order valence-corrected chi connectivity index (χ2v) is 5.33. The maximum Gasteiger partial charge on any atom is 0.266 e. The van der Waals surface area contributed by atoms with E-state index in [1.165, 1.54) is 12.1 Å². The SMILES string of the molecule is N#C/C(=C\c1cccc(C#N)c1)C(=O)Nc1ccc(Cl)cc1Cl. The lowest BCUT2D eigenvalue weighted by molar-refractivity contribution is -0.112. The van der Waals surface area contributed by atoms with Gasteiger partial charge in [0.1, 0.15) is 11.6 Å². The molecule has 1 amide bonds. The molecule has 112 valence electrons. The number of halogens is 2. The van der Waals surface area contributed by atoms with Crippen LogP contribution in [0.15, 0.2) is 48.0 Å². The Balaban J connectivity index is 2.26. The normalized spacial score (nSPS) is 10.5. The van der Waals surface area contributed by atoms with E-state index in [9.17, 15) is 10.1 Å². The molecule has 2 rings (SSSR count). The largest absolute Gasteiger partial charge is 0.320 e. The molecule has 0 atom stereocenters. The molecular weight excluding hydrogens is 333 g/mol. The van der Waals surface area contributed by atoms with E-state index >= 15 is 0 Å². The molecule has 23 heavy (non-hydrogen) atoms. The summed E-state index contributed by atoms with van der Waals surface area (Å²) in [6.07, 6.45) is 1.40. The average Bonchev–Trinajstić information content (AvgIpc) is 2.55. The van der Waals surface area contributed by atoms with Crippen LogP contribution in [0.4, 0.5) is 5.69 Å². The highest BCUT2D eigenvalue weighted by atomic mass is 35.5. The Kier molecular flexibility index (Phi) is 5.38. The van der Waals surface area contributed by atoms with Crippen LogP contribution in [0, 0.1) is 22.7 Å². The minimum atomic E-state index is -0.598. The molecular formula is C17H9Cl2N3O. The molecule has 0 aromatic heterocycles. The fraction of sp³-hybridized carbons (Fsp3) is 0. The maximum atomic E-state index is 12.2. The van der Waals surface area contributed by atoms with Crippen LogP contribution in [0.2, 0.25) is 10.0 Å². The van der Waals surface area contributed by atoms with E-state index in [-0.39, 0.29) is 10.6 Å². The summed E-state index contributed by atoms with van der Waals surface area (Å²) in [5, 5.41) is 21.3. The number of hydrogen-bond acceptors (Lipinski definition) is 3. The van der Waals surface area contributed by atoms with Crippen molar-refractivity contribution in [3.8, 4) is 12.1 Å². The molecule has 0 unspecified atom stereocenters. The molecule has 0 saturated carbocycles. The predicted molar refractivity (Wildman–Crippen MR) is 89.8 cm³/mol. The lowest BCUT2D eigenvalue weighted by atomic mass is 10.1. The minimum Gasteiger partial charge on any atom is -0.320 e. The molecule has 6 heteroatoms. The summed E-state index contributed by atoms with van der Waals surface area (Å²) >= 11 is 11.8. The zero-order valence-corrected chi connectivity index (χ0v) is 13.2. The summed E-state index contributed by atoms with van der Waals surface area (Å²) in [4.78, 5) is 12.2. The number of amides is 1. The van der Waals surface area contributed by atoms with Gasteiger partial charge in [0.2, 0.25) is 0 Å². The van der Waals surface area contributed by atoms with Crippen LogP contribution >= 0.6 is 23.2 Å². The summed E-state index contributed by atoms with van der Waals surface area (Å²) < 4.78 is 0. The highest BCUT2D eigenvalue weighted by Gasteiger charge is 2.11. The molecule has 0 aliphatic carbocycles. The number of carbonyl (C=O) groups is 1. The van der Waals surface area contributed by atoms with Gasteiger partial charge >= 0.3 is 0 Å². The highest BCUT2D eigenvalue weighted by molar-refractivity contribution is 6.36. The molecule has 2 aromatic carbocycles. The van der Waals surface area contributed by atoms with Crippen molar-refractivity contribution in [2.24, 2.45) is 0 Å². The first-order valence-electron chi connectivity index (χ1n) is 6.42. The molecule has 1 N–H and O–H groups in total. The molecule has 0 bridgehead atoms. The van der Waals surface area contributed by atoms with Crippen molar-refractivity contribution in [3.05, 3.63) is 69.2 Å². The van der Waals surface area contributed by atoms with E-state index < -0.39 is 5.91 Å². The van der Waals surface area contributed by atoms with Crippen molar-refractivity contribution in [2.75, 3.05) is 5.32 Å². The van der Waals surface area contributed by atoms with Gasteiger partial charge in [0, 0.05) is 5.02 Å². The zero-order valence-electron chi connectivity index (χ0n) is 11.7. The third kappa shape index (κ3) is 4.34. The molecule has 0 aliphatic heterocycles. The van der Waals surface area contributed by atoms with E-state index in [1.54, 1.807) is 36.4 Å². The number of hydrogen-bond donors (Lipinski definition) is 1. The Labute approximate surface area is 143 Å². The molecule has 0 spiro atoms. The third-order valence-electron chi connectivity index (χ3n) is 2.87. The maximum absolute atomic E-state index is 12.2. The van der Waals surface area contributed by atoms with Crippen LogP contribution in [-0.2, 0) is 4.79 Å². The van der Waals surface area contributed by atoms with Crippen molar-refractivity contribution in [1.29, 1.82) is 10.5 Å². The van der Waals surface area contributed by atoms with E-state index in [0.29, 0.717) is 21.8 Å². The Morgan fingerprint density at radius 1 is 1.13 bits per heavy atom. The van der Waals surface area contributed by atoms with Crippen molar-refractivity contribution in [2.45, 2.75) is 0 Å². The zero-order chi connectivity index (χ0) is 16.8. The van der Waals surface area contributed by atoms with Crippen molar-refractivity contribution in [1.82, 2.24) is 0 Å². The fourth-order valence-electron chi connectivity index (χ4n) is 1.79. The topological polar surface area (TPSA) is 76.7 Å². The van der Waals surface area contributed by atoms with Gasteiger partial charge in [-0.15, -0.1) is 0 Å². The molecule has 0 radical (unpaired) electrons. The van der Waals surface area contributed by atoms with E-state index in [2.05, 4.69) is 5.32 Å². The standard InChI is InChI=1S/C17H9Cl2N3O/c18-14-4-5-16(15(19)8-14)22-17(23)13(10-21)7-11-2-1-3-12(6-11)9-20/h1-8H,(H,22,23)/b13-7+. The fourth-order valence-corrected chi connectivity index (χ4v) is 2.25. The molecule has 0 saturated heterocycles. The van der Waals surface area contributed by atoms with Crippen molar-refractivity contribution >= 4 is 40.9 Å². The molecule has 4 nitrogen and oxygen atoms in total. The molecule has 0 aliphatic rings. The van der Waals surface area contributed by atoms with Crippen molar-refractivity contribution < 1.29 is 4.79 Å². The molecule has 2 aromatic rings. The first-order chi connectivity index (χ1) is 11.0. The number of nitriles is 2. The summed E-state index contributed by atoms with van der Waals surface area (Å²) in [6, 6.07) is 15.0. The number of carbonyl (C=O) groups excluding carboxylic acids is 1. The number of anilines is 1. The Morgan fingerprint density at radius 3 is 2.57 bits per heavy atom. The second kappa shape index (κ2) is 7.47. The van der Waals surface area contributed by atoms with Gasteiger partial charge in [-0.05, 0) is 42.0 Å². The second-order valence-electron chi connectivity index (χ2n) is 4.49. The summed E-state index contributed by atoms with van der Waals surface area (Å²) in [7, 11) is 0. The van der Waals surface area contributed by atoms with Crippen LogP contribution in [0.25, 0.3) is 6.08 Å². The summed E-state index contributed by atoms with van der Waals surface area (Å²) in [6.45, 7) is 0. The minimum absolute atomic E-state index is 0.105. The third-order valence-corrected chi connectivity index (χ3v) is 3.42. The first kappa shape index (κ1) is 16.6. The van der Waals surface area contributed by atoms with Gasteiger partial charge in [-0.25, -0.2) is 0 Å². The Morgan fingerprint density at radius 2 is 1.91 bits per heavy atom. The Bertz CT molecular complexity index is 876. The summed E-state index contributed by atoms with van der Waals surface area (Å²) in [5.41, 5.74) is 1.27. The molecule has 0 fully saturated rings. The smallest absolute Gasteiger partial charge is 0.266 e. The summed E-state index contributed by atoms with van der Waals surface area (Å²) in [5.74, 6) is -0.598. The molecule has 0 heterocycles. The van der Waals surface area contributed by atoms with Gasteiger partial charge in [-0.2, -0.15) is 10.5 Å². The number of nitrogens with one attached hydrogen (secondary N) is 1. The van der Waals surface area contributed by atoms with Crippen LogP contribution in [0.5, 0.6) is 0 Å². The van der Waals surface area contributed by atoms with Gasteiger partial charge in [0.25, 0.3) is 5.91 Å². The van der Waals surface area contributed by atoms with Crippen LogP contribution < -0.4 is 5.32 Å². The predicted octanol–water partition coefficient (Wildman–Crippen LogP) is 4.41.